The third-order valence-electron chi connectivity index (χ3n) is 5.05. The second-order valence-electron chi connectivity index (χ2n) is 6.55. The van der Waals surface area contributed by atoms with Gasteiger partial charge in [0.25, 0.3) is 0 Å². The van der Waals surface area contributed by atoms with Crippen LogP contribution in [0.3, 0.4) is 0 Å². The number of rotatable bonds is 3. The molecular weight excluding hydrogens is 280 g/mol. The fraction of sp³-hybridized carbons (Fsp3) is 0.706. The van der Waals surface area contributed by atoms with Gasteiger partial charge in [-0.1, -0.05) is 26.7 Å². The van der Waals surface area contributed by atoms with Crippen LogP contribution in [0.2, 0.25) is 0 Å². The highest BCUT2D eigenvalue weighted by atomic mass is 32.1. The summed E-state index contributed by atoms with van der Waals surface area (Å²) in [5.41, 5.74) is 0. The maximum atomic E-state index is 12.8. The molecule has 1 amide bonds. The number of thiophene rings is 1. The number of hydrogen-bond acceptors (Lipinski definition) is 3. The van der Waals surface area contributed by atoms with Crippen LogP contribution in [0.15, 0.2) is 12.1 Å². The van der Waals surface area contributed by atoms with Crippen molar-refractivity contribution >= 4 is 17.2 Å². The molecule has 2 aliphatic rings. The first-order valence-corrected chi connectivity index (χ1v) is 9.08. The molecule has 0 bridgehead atoms. The molecule has 2 fully saturated rings. The van der Waals surface area contributed by atoms with E-state index < -0.39 is 0 Å². The molecule has 4 unspecified atom stereocenters. The average Bonchev–Trinajstić information content (AvgIpc) is 3.03. The molecule has 1 N–H and O–H groups in total. The van der Waals surface area contributed by atoms with Crippen LogP contribution in [0.5, 0.6) is 0 Å². The number of carbonyl (C=O) groups excluding carboxylic acids is 1. The molecule has 3 nitrogen and oxygen atoms in total. The van der Waals surface area contributed by atoms with Gasteiger partial charge in [0.1, 0.15) is 6.17 Å². The molecule has 0 aromatic carbocycles. The van der Waals surface area contributed by atoms with Crippen molar-refractivity contribution in [3.63, 3.8) is 0 Å². The molecule has 0 spiro atoms. The Hall–Kier alpha value is -0.870. The number of carbonyl (C=O) groups is 1. The first-order valence-electron chi connectivity index (χ1n) is 8.26. The molecule has 4 atom stereocenters. The predicted octanol–water partition coefficient (Wildman–Crippen LogP) is 3.84. The lowest BCUT2D eigenvalue weighted by Crippen LogP contribution is -2.45. The first-order chi connectivity index (χ1) is 10.1. The van der Waals surface area contributed by atoms with Crippen molar-refractivity contribution in [1.29, 1.82) is 0 Å². The van der Waals surface area contributed by atoms with Crippen LogP contribution in [0.1, 0.15) is 61.9 Å². The van der Waals surface area contributed by atoms with Crippen molar-refractivity contribution in [2.24, 2.45) is 5.92 Å². The Morgan fingerprint density at radius 3 is 2.71 bits per heavy atom. The van der Waals surface area contributed by atoms with Gasteiger partial charge in [0.15, 0.2) is 0 Å². The minimum atomic E-state index is -0.00784. The molecular formula is C17H26N2OS. The van der Waals surface area contributed by atoms with Crippen molar-refractivity contribution in [3.05, 3.63) is 21.9 Å². The molecule has 4 heteroatoms. The summed E-state index contributed by atoms with van der Waals surface area (Å²) in [4.78, 5) is 17.6. The van der Waals surface area contributed by atoms with Crippen LogP contribution in [0.4, 0.5) is 0 Å². The van der Waals surface area contributed by atoms with E-state index in [0.29, 0.717) is 17.9 Å². The van der Waals surface area contributed by atoms with Crippen LogP contribution >= 0.6 is 11.3 Å². The van der Waals surface area contributed by atoms with Gasteiger partial charge in [0, 0.05) is 15.8 Å². The highest BCUT2D eigenvalue weighted by Crippen LogP contribution is 2.38. The molecule has 1 aromatic rings. The van der Waals surface area contributed by atoms with Crippen LogP contribution in [0.25, 0.3) is 0 Å². The minimum absolute atomic E-state index is 0.00784. The highest BCUT2D eigenvalue weighted by Gasteiger charge is 2.44. The number of amides is 1. The van der Waals surface area contributed by atoms with E-state index in [4.69, 9.17) is 0 Å². The summed E-state index contributed by atoms with van der Waals surface area (Å²) in [5.74, 6) is 0.927. The van der Waals surface area contributed by atoms with E-state index in [0.717, 1.165) is 12.8 Å². The third-order valence-corrected chi connectivity index (χ3v) is 6.11. The van der Waals surface area contributed by atoms with Gasteiger partial charge in [0.2, 0.25) is 5.91 Å². The van der Waals surface area contributed by atoms with E-state index in [1.165, 1.54) is 29.0 Å². The largest absolute Gasteiger partial charge is 0.317 e. The highest BCUT2D eigenvalue weighted by molar-refractivity contribution is 7.12. The van der Waals surface area contributed by atoms with Crippen LogP contribution in [0, 0.1) is 12.8 Å². The third kappa shape index (κ3) is 2.76. The Morgan fingerprint density at radius 1 is 1.33 bits per heavy atom. The molecule has 1 aliphatic carbocycles. The summed E-state index contributed by atoms with van der Waals surface area (Å²) in [7, 11) is 0. The van der Waals surface area contributed by atoms with Gasteiger partial charge in [-0.15, -0.1) is 11.3 Å². The van der Waals surface area contributed by atoms with Crippen LogP contribution in [-0.4, -0.2) is 22.9 Å². The zero-order valence-electron chi connectivity index (χ0n) is 13.3. The Bertz CT molecular complexity index is 513. The SMILES string of the molecule is CCC1NC(c2ccc(C)s2)N(C2CCCCC2C)C1=O. The maximum Gasteiger partial charge on any atom is 0.241 e. The van der Waals surface area contributed by atoms with Gasteiger partial charge in [-0.2, -0.15) is 0 Å². The monoisotopic (exact) mass is 306 g/mol. The molecule has 116 valence electrons. The second kappa shape index (κ2) is 6.09. The van der Waals surface area contributed by atoms with E-state index in [1.54, 1.807) is 0 Å². The zero-order valence-corrected chi connectivity index (χ0v) is 14.1. The predicted molar refractivity (Wildman–Crippen MR) is 87.3 cm³/mol. The summed E-state index contributed by atoms with van der Waals surface area (Å²) in [6.45, 7) is 6.54. The van der Waals surface area contributed by atoms with E-state index in [9.17, 15) is 4.79 Å². The Morgan fingerprint density at radius 2 is 2.10 bits per heavy atom. The molecule has 3 rings (SSSR count). The standard InChI is InChI=1S/C17H26N2OS/c1-4-13-17(20)19(14-8-6-5-7-11(14)2)16(18-13)15-10-9-12(3)21-15/h9-11,13-14,16,18H,4-8H2,1-3H3. The summed E-state index contributed by atoms with van der Waals surface area (Å²) >= 11 is 1.81. The smallest absolute Gasteiger partial charge is 0.241 e. The summed E-state index contributed by atoms with van der Waals surface area (Å²) in [6, 6.07) is 4.74. The average molecular weight is 306 g/mol. The quantitative estimate of drug-likeness (QED) is 0.920. The first kappa shape index (κ1) is 15.0. The molecule has 1 aromatic heterocycles. The second-order valence-corrected chi connectivity index (χ2v) is 7.87. The van der Waals surface area contributed by atoms with Crippen molar-refractivity contribution < 1.29 is 4.79 Å². The molecule has 0 radical (unpaired) electrons. The molecule has 1 aliphatic heterocycles. The van der Waals surface area contributed by atoms with Gasteiger partial charge in [-0.3, -0.25) is 10.1 Å². The van der Waals surface area contributed by atoms with Crippen LogP contribution in [-0.2, 0) is 4.79 Å². The lowest BCUT2D eigenvalue weighted by molar-refractivity contribution is -0.134. The van der Waals surface area contributed by atoms with Gasteiger partial charge < -0.3 is 4.90 Å². The maximum absolute atomic E-state index is 12.8. The van der Waals surface area contributed by atoms with Gasteiger partial charge in [-0.25, -0.2) is 0 Å². The minimum Gasteiger partial charge on any atom is -0.317 e. The molecule has 21 heavy (non-hydrogen) atoms. The van der Waals surface area contributed by atoms with Crippen molar-refractivity contribution in [2.45, 2.75) is 71.1 Å². The number of nitrogens with zero attached hydrogens (tertiary/aromatic N) is 1. The summed E-state index contributed by atoms with van der Waals surface area (Å²) in [5, 5.41) is 3.57. The Balaban J connectivity index is 1.90. The van der Waals surface area contributed by atoms with Crippen LogP contribution < -0.4 is 5.32 Å². The topological polar surface area (TPSA) is 32.3 Å². The van der Waals surface area contributed by atoms with E-state index >= 15 is 0 Å². The Labute approximate surface area is 131 Å². The molecule has 1 saturated heterocycles. The van der Waals surface area contributed by atoms with E-state index in [1.807, 2.05) is 11.3 Å². The fourth-order valence-corrected chi connectivity index (χ4v) is 4.76. The summed E-state index contributed by atoms with van der Waals surface area (Å²) in [6.07, 6.45) is 5.94. The van der Waals surface area contributed by atoms with Gasteiger partial charge in [0.05, 0.1) is 6.04 Å². The van der Waals surface area contributed by atoms with E-state index in [-0.39, 0.29) is 12.2 Å². The van der Waals surface area contributed by atoms with Crippen molar-refractivity contribution in [2.75, 3.05) is 0 Å². The van der Waals surface area contributed by atoms with Crippen molar-refractivity contribution in [1.82, 2.24) is 10.2 Å². The number of hydrogen-bond donors (Lipinski definition) is 1. The van der Waals surface area contributed by atoms with Crippen molar-refractivity contribution in [3.8, 4) is 0 Å². The molecule has 2 heterocycles. The normalized spacial score (nSPS) is 33.7. The van der Waals surface area contributed by atoms with Gasteiger partial charge in [-0.05, 0) is 44.2 Å². The van der Waals surface area contributed by atoms with Gasteiger partial charge >= 0.3 is 0 Å². The summed E-state index contributed by atoms with van der Waals surface area (Å²) < 4.78 is 0. The number of aryl methyl sites for hydroxylation is 1. The Kier molecular flexibility index (Phi) is 4.36. The zero-order chi connectivity index (χ0) is 15.0. The lowest BCUT2D eigenvalue weighted by atomic mass is 9.84. The lowest BCUT2D eigenvalue weighted by Gasteiger charge is -2.39. The van der Waals surface area contributed by atoms with E-state index in [2.05, 4.69) is 43.1 Å². The molecule has 1 saturated carbocycles. The fourth-order valence-electron chi connectivity index (χ4n) is 3.83. The number of nitrogens with one attached hydrogen (secondary N) is 1.